The second-order valence-corrected chi connectivity index (χ2v) is 35.0. The van der Waals surface area contributed by atoms with E-state index in [0.717, 1.165) is 33.7 Å². The second kappa shape index (κ2) is 20.9. The monoisotopic (exact) mass is 1030 g/mol. The van der Waals surface area contributed by atoms with Gasteiger partial charge >= 0.3 is 18.3 Å². The molecule has 17 nitrogen and oxygen atoms in total. The molecule has 0 aromatic carbocycles. The minimum atomic E-state index is -1.39. The summed E-state index contributed by atoms with van der Waals surface area (Å²) in [6.07, 6.45) is 3.10. The van der Waals surface area contributed by atoms with Gasteiger partial charge in [0.05, 0.1) is 16.4 Å². The van der Waals surface area contributed by atoms with Crippen LogP contribution in [-0.2, 0) is 28.5 Å². The lowest BCUT2D eigenvalue weighted by Gasteiger charge is -2.54. The van der Waals surface area contributed by atoms with Crippen molar-refractivity contribution in [3.8, 4) is 11.1 Å². The van der Waals surface area contributed by atoms with Crippen LogP contribution >= 0.6 is 15.9 Å². The Labute approximate surface area is 407 Å². The predicted molar refractivity (Wildman–Crippen MR) is 269 cm³/mol. The van der Waals surface area contributed by atoms with E-state index in [9.17, 15) is 19.2 Å². The van der Waals surface area contributed by atoms with Crippen LogP contribution in [0.1, 0.15) is 107 Å². The minimum Gasteiger partial charge on any atom is -0.444 e. The topological polar surface area (TPSA) is 170 Å². The quantitative estimate of drug-likeness (QED) is 0.0463. The highest BCUT2D eigenvalue weighted by Crippen LogP contribution is 2.49. The molecule has 0 radical (unpaired) electrons. The van der Waals surface area contributed by atoms with E-state index < -0.39 is 51.0 Å². The Hall–Kier alpha value is -4.12. The van der Waals surface area contributed by atoms with Gasteiger partial charge in [0.1, 0.15) is 30.3 Å². The molecular weight excluding hydrogens is 957 g/mol. The molecule has 3 atom stereocenters. The highest BCUT2D eigenvalue weighted by Gasteiger charge is 2.50. The van der Waals surface area contributed by atoms with Crippen LogP contribution in [0.4, 0.5) is 26.0 Å². The Balaban J connectivity index is 1.62. The Morgan fingerprint density at radius 1 is 0.761 bits per heavy atom. The summed E-state index contributed by atoms with van der Waals surface area (Å²) in [7, 11) is -2.78. The molecule has 2 saturated heterocycles. The van der Waals surface area contributed by atoms with Crippen molar-refractivity contribution >= 4 is 73.5 Å². The number of aromatic nitrogens is 4. The zero-order valence-electron chi connectivity index (χ0n) is 42.7. The Morgan fingerprint density at radius 2 is 1.30 bits per heavy atom. The van der Waals surface area contributed by atoms with Crippen molar-refractivity contribution < 1.29 is 42.9 Å². The molecule has 5 heterocycles. The van der Waals surface area contributed by atoms with Gasteiger partial charge in [-0.25, -0.2) is 24.4 Å². The lowest BCUT2D eigenvalue weighted by atomic mass is 9.72. The van der Waals surface area contributed by atoms with Crippen LogP contribution in [0.3, 0.4) is 0 Å². The number of carbonyl (C=O) groups is 4. The molecule has 1 saturated carbocycles. The van der Waals surface area contributed by atoms with Crippen molar-refractivity contribution in [2.75, 3.05) is 36.6 Å². The third-order valence-corrected chi connectivity index (χ3v) is 15.1. The Morgan fingerprint density at radius 3 is 1.78 bits per heavy atom. The molecule has 4 amide bonds. The maximum atomic E-state index is 13.9. The number of ether oxygens (including phenoxy) is 5. The van der Waals surface area contributed by atoms with Crippen LogP contribution in [0.25, 0.3) is 16.8 Å². The number of hydrazine groups is 1. The first kappa shape index (κ1) is 53.8. The number of rotatable bonds is 15. The van der Waals surface area contributed by atoms with Crippen LogP contribution < -0.4 is 9.91 Å². The van der Waals surface area contributed by atoms with Gasteiger partial charge in [-0.1, -0.05) is 46.2 Å². The molecule has 3 aromatic heterocycles. The number of fused-ring (bicyclic) bond motifs is 3. The molecule has 2 bridgehead atoms. The minimum absolute atomic E-state index is 0.00626. The summed E-state index contributed by atoms with van der Waals surface area (Å²) in [6.45, 7) is 32.9. The fourth-order valence-electron chi connectivity index (χ4n) is 7.70. The molecule has 0 N–H and O–H groups in total. The molecule has 0 spiro atoms. The summed E-state index contributed by atoms with van der Waals surface area (Å²) in [5.74, 6) is -0.0466. The summed E-state index contributed by atoms with van der Waals surface area (Å²) in [5.41, 5.74) is 0.0518. The zero-order valence-corrected chi connectivity index (χ0v) is 46.3. The van der Waals surface area contributed by atoms with Crippen molar-refractivity contribution in [2.45, 2.75) is 181 Å². The number of nitrogens with zero attached hydrogens (tertiary/aromatic N) is 8. The normalized spacial score (nSPS) is 17.7. The van der Waals surface area contributed by atoms with Gasteiger partial charge in [0.2, 0.25) is 0 Å². The molecule has 3 fully saturated rings. The third-order valence-electron chi connectivity index (χ3n) is 11.0. The molecule has 2 aliphatic heterocycles. The predicted octanol–water partition coefficient (Wildman–Crippen LogP) is 11.1. The summed E-state index contributed by atoms with van der Waals surface area (Å²) in [4.78, 5) is 68.3. The zero-order chi connectivity index (χ0) is 50.0. The number of hydrogen-bond donors (Lipinski definition) is 0. The summed E-state index contributed by atoms with van der Waals surface area (Å²) in [6, 6.07) is 5.27. The first-order valence-corrected chi connectivity index (χ1v) is 31.6. The number of pyridine rings is 1. The van der Waals surface area contributed by atoms with Crippen LogP contribution in [-0.4, -0.2) is 125 Å². The standard InChI is InChI=1S/C47H75BrN8O9Si2/c1-17-37(57)56(44(60)65-47(8,9)10)55(43(59)64-46(5,6)7)36-19-18-31(27-49-36)35-28-50-54-40(35)51-39(32-24-33-26-34(25-32)53(33)42(58)63-45(2,3)4)38(48)41(54)52(29-61-20-22-66(11,12)13)30-62-21-23-67(14,15)16/h18-19,27-28,32-34H,17,20-26,29-30H2,1-16H3/t32?,33-,34+. The van der Waals surface area contributed by atoms with E-state index in [1.165, 1.54) is 6.07 Å². The van der Waals surface area contributed by atoms with Gasteiger partial charge in [0.25, 0.3) is 5.91 Å². The van der Waals surface area contributed by atoms with E-state index >= 15 is 0 Å². The van der Waals surface area contributed by atoms with E-state index in [1.54, 1.807) is 71.4 Å². The van der Waals surface area contributed by atoms with Crippen LogP contribution in [0.2, 0.25) is 51.4 Å². The van der Waals surface area contributed by atoms with Crippen molar-refractivity contribution in [1.29, 1.82) is 0 Å². The molecule has 67 heavy (non-hydrogen) atoms. The van der Waals surface area contributed by atoms with E-state index in [-0.39, 0.29) is 49.8 Å². The molecule has 1 unspecified atom stereocenters. The molecule has 3 aromatic rings. The molecule has 372 valence electrons. The van der Waals surface area contributed by atoms with Crippen molar-refractivity contribution in [1.82, 2.24) is 29.5 Å². The molecule has 1 aliphatic carbocycles. The largest absolute Gasteiger partial charge is 0.444 e. The van der Waals surface area contributed by atoms with E-state index in [0.29, 0.717) is 53.7 Å². The van der Waals surface area contributed by atoms with Crippen molar-refractivity contribution in [2.24, 2.45) is 0 Å². The van der Waals surface area contributed by atoms with Gasteiger partial charge in [0.15, 0.2) is 17.3 Å². The van der Waals surface area contributed by atoms with Crippen LogP contribution in [0, 0.1) is 0 Å². The Bertz CT molecular complexity index is 2210. The molecule has 6 rings (SSSR count). The van der Waals surface area contributed by atoms with E-state index in [2.05, 4.69) is 65.1 Å². The number of imide groups is 1. The van der Waals surface area contributed by atoms with Crippen LogP contribution in [0.5, 0.6) is 0 Å². The average Bonchev–Trinajstić information content (AvgIpc) is 3.59. The SMILES string of the molecule is CCC(=O)N(C(=O)OC(C)(C)C)N(C(=O)OC(C)(C)C)c1ccc(-c2cnn3c(N(COCC[Si](C)(C)C)COCC[Si](C)(C)C)c(Br)c(C4C[C@@H]5C[C@H](C4)N5C(=O)OC(C)(C)C)nc23)cn1. The fraction of sp³-hybridized carbons (Fsp3) is 0.681. The third kappa shape index (κ3) is 14.5. The number of piperidine rings is 1. The van der Waals surface area contributed by atoms with Gasteiger partial charge in [0, 0.05) is 71.1 Å². The Kier molecular flexibility index (Phi) is 16.8. The lowest BCUT2D eigenvalue weighted by Crippen LogP contribution is -2.63. The van der Waals surface area contributed by atoms with E-state index in [4.69, 9.17) is 33.8 Å². The first-order valence-electron chi connectivity index (χ1n) is 23.4. The summed E-state index contributed by atoms with van der Waals surface area (Å²) >= 11 is 4.03. The molecule has 3 aliphatic rings. The van der Waals surface area contributed by atoms with Crippen molar-refractivity contribution in [3.63, 3.8) is 0 Å². The lowest BCUT2D eigenvalue weighted by molar-refractivity contribution is -0.130. The van der Waals surface area contributed by atoms with Gasteiger partial charge in [-0.05, 0) is 122 Å². The number of amides is 4. The highest BCUT2D eigenvalue weighted by molar-refractivity contribution is 9.10. The highest BCUT2D eigenvalue weighted by atomic mass is 79.9. The van der Waals surface area contributed by atoms with Crippen LogP contribution in [0.15, 0.2) is 29.0 Å². The maximum Gasteiger partial charge on any atom is 0.437 e. The van der Waals surface area contributed by atoms with Gasteiger partial charge in [-0.15, -0.1) is 5.01 Å². The average molecular weight is 1030 g/mol. The molecule has 20 heteroatoms. The summed E-state index contributed by atoms with van der Waals surface area (Å²) < 4.78 is 32.5. The number of carbonyl (C=O) groups excluding carboxylic acids is 4. The van der Waals surface area contributed by atoms with Gasteiger partial charge in [-0.2, -0.15) is 14.6 Å². The summed E-state index contributed by atoms with van der Waals surface area (Å²) in [5, 5.41) is 6.38. The van der Waals surface area contributed by atoms with Gasteiger partial charge in [-0.3, -0.25) is 4.79 Å². The number of anilines is 2. The first-order chi connectivity index (χ1) is 30.9. The smallest absolute Gasteiger partial charge is 0.437 e. The number of hydrogen-bond acceptors (Lipinski definition) is 13. The van der Waals surface area contributed by atoms with Crippen molar-refractivity contribution in [3.05, 3.63) is 34.7 Å². The fourth-order valence-corrected chi connectivity index (χ4v) is 10.0. The maximum absolute atomic E-state index is 13.9. The second-order valence-electron chi connectivity index (χ2n) is 23.0. The van der Waals surface area contributed by atoms with E-state index in [1.807, 2.05) is 25.7 Å². The van der Waals surface area contributed by atoms with Gasteiger partial charge < -0.3 is 33.5 Å². The molecular formula is C47H75BrN8O9Si2. The number of halogens is 1.